The van der Waals surface area contributed by atoms with Crippen LogP contribution in [0.15, 0.2) is 84.9 Å². The lowest BCUT2D eigenvalue weighted by Crippen LogP contribution is -2.14. The normalized spacial score (nSPS) is 10.3. The van der Waals surface area contributed by atoms with E-state index in [1.807, 2.05) is 60.7 Å². The largest absolute Gasteiger partial charge is 0.326 e. The van der Waals surface area contributed by atoms with Gasteiger partial charge >= 0.3 is 0 Å². The number of amides is 1. The Hall–Kier alpha value is -3.20. The van der Waals surface area contributed by atoms with Crippen molar-refractivity contribution in [3.63, 3.8) is 0 Å². The molecule has 3 nitrogen and oxygen atoms in total. The second-order valence-corrected chi connectivity index (χ2v) is 6.16. The number of carbonyl (C=O) groups excluding carboxylic acids is 2. The van der Waals surface area contributed by atoms with Gasteiger partial charge in [-0.2, -0.15) is 0 Å². The number of carbonyl (C=O) groups is 2. The highest BCUT2D eigenvalue weighted by molar-refractivity contribution is 6.00. The standard InChI is InChI=1S/C23H21NO2/c25-22(19-11-5-2-6-12-19)15-16-23(26)24-21-14-8-7-13-20(21)17-18-9-3-1-4-10-18/h1-14H,15-17H2,(H,24,26). The van der Waals surface area contributed by atoms with E-state index in [0.29, 0.717) is 5.56 Å². The van der Waals surface area contributed by atoms with E-state index in [1.165, 1.54) is 5.56 Å². The molecule has 0 bridgehead atoms. The Morgan fingerprint density at radius 3 is 2.04 bits per heavy atom. The smallest absolute Gasteiger partial charge is 0.224 e. The molecular weight excluding hydrogens is 322 g/mol. The first-order valence-electron chi connectivity index (χ1n) is 8.72. The molecule has 3 aromatic carbocycles. The summed E-state index contributed by atoms with van der Waals surface area (Å²) in [6.07, 6.45) is 1.13. The van der Waals surface area contributed by atoms with Crippen LogP contribution in [0.5, 0.6) is 0 Å². The summed E-state index contributed by atoms with van der Waals surface area (Å²) in [5.41, 5.74) is 3.69. The Morgan fingerprint density at radius 2 is 1.31 bits per heavy atom. The van der Waals surface area contributed by atoms with Crippen molar-refractivity contribution in [2.75, 3.05) is 5.32 Å². The van der Waals surface area contributed by atoms with E-state index >= 15 is 0 Å². The molecule has 0 radical (unpaired) electrons. The van der Waals surface area contributed by atoms with Crippen molar-refractivity contribution in [2.45, 2.75) is 19.3 Å². The molecule has 0 saturated carbocycles. The number of Topliss-reactive ketones (excluding diaryl/α,β-unsaturated/α-hetero) is 1. The zero-order chi connectivity index (χ0) is 18.2. The van der Waals surface area contributed by atoms with Crippen molar-refractivity contribution in [3.8, 4) is 0 Å². The van der Waals surface area contributed by atoms with Crippen molar-refractivity contribution in [3.05, 3.63) is 102 Å². The van der Waals surface area contributed by atoms with E-state index in [2.05, 4.69) is 17.4 Å². The van der Waals surface area contributed by atoms with E-state index in [-0.39, 0.29) is 24.5 Å². The third-order valence-electron chi connectivity index (χ3n) is 4.20. The van der Waals surface area contributed by atoms with Crippen LogP contribution in [0.1, 0.15) is 34.3 Å². The monoisotopic (exact) mass is 343 g/mol. The summed E-state index contributed by atoms with van der Waals surface area (Å²) < 4.78 is 0. The van der Waals surface area contributed by atoms with Gasteiger partial charge in [-0.25, -0.2) is 0 Å². The minimum atomic E-state index is -0.144. The van der Waals surface area contributed by atoms with Crippen LogP contribution < -0.4 is 5.32 Å². The second-order valence-electron chi connectivity index (χ2n) is 6.16. The van der Waals surface area contributed by atoms with E-state index in [0.717, 1.165) is 17.7 Å². The highest BCUT2D eigenvalue weighted by Crippen LogP contribution is 2.19. The first-order chi connectivity index (χ1) is 12.7. The molecule has 0 unspecified atom stereocenters. The zero-order valence-corrected chi connectivity index (χ0v) is 14.5. The highest BCUT2D eigenvalue weighted by Gasteiger charge is 2.11. The third-order valence-corrected chi connectivity index (χ3v) is 4.20. The average Bonchev–Trinajstić information content (AvgIpc) is 2.69. The highest BCUT2D eigenvalue weighted by atomic mass is 16.2. The first kappa shape index (κ1) is 17.6. The summed E-state index contributed by atoms with van der Waals surface area (Å²) in [6.45, 7) is 0. The molecule has 0 fully saturated rings. The van der Waals surface area contributed by atoms with Gasteiger partial charge in [0.2, 0.25) is 5.91 Å². The van der Waals surface area contributed by atoms with Crippen LogP contribution >= 0.6 is 0 Å². The molecule has 0 atom stereocenters. The number of anilines is 1. The number of hydrogen-bond donors (Lipinski definition) is 1. The molecule has 0 aromatic heterocycles. The fourth-order valence-corrected chi connectivity index (χ4v) is 2.82. The zero-order valence-electron chi connectivity index (χ0n) is 14.5. The summed E-state index contributed by atoms with van der Waals surface area (Å²) in [6, 6.07) is 27.0. The van der Waals surface area contributed by atoms with Crippen molar-refractivity contribution < 1.29 is 9.59 Å². The summed E-state index contributed by atoms with van der Waals surface area (Å²) in [5, 5.41) is 2.95. The van der Waals surface area contributed by atoms with Crippen LogP contribution in [0.4, 0.5) is 5.69 Å². The number of benzene rings is 3. The molecule has 1 amide bonds. The predicted octanol–water partition coefficient (Wildman–Crippen LogP) is 4.88. The molecule has 0 aliphatic heterocycles. The maximum atomic E-state index is 12.3. The topological polar surface area (TPSA) is 46.2 Å². The Morgan fingerprint density at radius 1 is 0.692 bits per heavy atom. The first-order valence-corrected chi connectivity index (χ1v) is 8.72. The molecule has 3 aromatic rings. The van der Waals surface area contributed by atoms with Gasteiger partial charge in [-0.3, -0.25) is 9.59 Å². The lowest BCUT2D eigenvalue weighted by Gasteiger charge is -2.11. The third kappa shape index (κ3) is 4.90. The van der Waals surface area contributed by atoms with E-state index in [1.54, 1.807) is 12.1 Å². The molecule has 130 valence electrons. The van der Waals surface area contributed by atoms with Crippen LogP contribution in [0.3, 0.4) is 0 Å². The van der Waals surface area contributed by atoms with Gasteiger partial charge in [0.15, 0.2) is 5.78 Å². The van der Waals surface area contributed by atoms with E-state index in [4.69, 9.17) is 0 Å². The van der Waals surface area contributed by atoms with Gasteiger partial charge in [0.05, 0.1) is 0 Å². The van der Waals surface area contributed by atoms with Crippen molar-refractivity contribution in [1.82, 2.24) is 0 Å². The van der Waals surface area contributed by atoms with Crippen molar-refractivity contribution in [1.29, 1.82) is 0 Å². The van der Waals surface area contributed by atoms with Crippen molar-refractivity contribution >= 4 is 17.4 Å². The number of hydrogen-bond acceptors (Lipinski definition) is 2. The summed E-state index contributed by atoms with van der Waals surface area (Å²) in [7, 11) is 0. The van der Waals surface area contributed by atoms with Gasteiger partial charge in [-0.1, -0.05) is 78.9 Å². The molecule has 0 aliphatic carbocycles. The number of nitrogens with one attached hydrogen (secondary N) is 1. The average molecular weight is 343 g/mol. The Balaban J connectivity index is 1.60. The lowest BCUT2D eigenvalue weighted by molar-refractivity contribution is -0.116. The molecule has 0 saturated heterocycles. The van der Waals surface area contributed by atoms with Gasteiger partial charge in [-0.15, -0.1) is 0 Å². The van der Waals surface area contributed by atoms with Crippen LogP contribution in [0, 0.1) is 0 Å². The van der Waals surface area contributed by atoms with Crippen LogP contribution in [0.2, 0.25) is 0 Å². The molecule has 0 spiro atoms. The summed E-state index contributed by atoms with van der Waals surface area (Å²) >= 11 is 0. The van der Waals surface area contributed by atoms with Crippen molar-refractivity contribution in [2.24, 2.45) is 0 Å². The summed E-state index contributed by atoms with van der Waals surface area (Å²) in [5.74, 6) is -0.159. The van der Waals surface area contributed by atoms with Crippen LogP contribution in [-0.4, -0.2) is 11.7 Å². The lowest BCUT2D eigenvalue weighted by atomic mass is 10.0. The minimum absolute atomic E-state index is 0.0154. The van der Waals surface area contributed by atoms with Gasteiger partial charge in [0.1, 0.15) is 0 Å². The molecule has 3 heteroatoms. The molecule has 26 heavy (non-hydrogen) atoms. The number of rotatable bonds is 7. The van der Waals surface area contributed by atoms with Gasteiger partial charge in [0, 0.05) is 24.1 Å². The quantitative estimate of drug-likeness (QED) is 0.622. The number of para-hydroxylation sites is 1. The fourth-order valence-electron chi connectivity index (χ4n) is 2.82. The van der Waals surface area contributed by atoms with Gasteiger partial charge < -0.3 is 5.32 Å². The number of ketones is 1. The Bertz CT molecular complexity index is 873. The molecule has 1 N–H and O–H groups in total. The maximum Gasteiger partial charge on any atom is 0.224 e. The Labute approximate surface area is 153 Å². The van der Waals surface area contributed by atoms with E-state index < -0.39 is 0 Å². The molecule has 0 heterocycles. The second kappa shape index (κ2) is 8.77. The van der Waals surface area contributed by atoms with E-state index in [9.17, 15) is 9.59 Å². The maximum absolute atomic E-state index is 12.3. The predicted molar refractivity (Wildman–Crippen MR) is 104 cm³/mol. The van der Waals surface area contributed by atoms with Crippen LogP contribution in [0.25, 0.3) is 0 Å². The van der Waals surface area contributed by atoms with Crippen LogP contribution in [-0.2, 0) is 11.2 Å². The SMILES string of the molecule is O=C(CCC(=O)c1ccccc1)Nc1ccccc1Cc1ccccc1. The van der Waals surface area contributed by atoms with Gasteiger partial charge in [-0.05, 0) is 23.6 Å². The minimum Gasteiger partial charge on any atom is -0.326 e. The fraction of sp³-hybridized carbons (Fsp3) is 0.130. The van der Waals surface area contributed by atoms with Gasteiger partial charge in [0.25, 0.3) is 0 Å². The molecule has 0 aliphatic rings. The molecule has 3 rings (SSSR count). The summed E-state index contributed by atoms with van der Waals surface area (Å²) in [4.78, 5) is 24.4. The molecular formula is C23H21NO2. The Kier molecular flexibility index (Phi) is 5.94.